The third kappa shape index (κ3) is 3.96. The van der Waals surface area contributed by atoms with Gasteiger partial charge < -0.3 is 14.7 Å². The topological polar surface area (TPSA) is 78.5 Å². The van der Waals surface area contributed by atoms with Crippen LogP contribution in [0.4, 0.5) is 4.79 Å². The summed E-state index contributed by atoms with van der Waals surface area (Å²) in [6.07, 6.45) is 3.03. The zero-order valence-corrected chi connectivity index (χ0v) is 12.3. The molecular formula is C14H23N3O3. The first kappa shape index (κ1) is 14.8. The smallest absolute Gasteiger partial charge is 0.410 e. The molecule has 6 nitrogen and oxygen atoms in total. The molecule has 0 aromatic carbocycles. The van der Waals surface area contributed by atoms with Crippen LogP contribution >= 0.6 is 0 Å². The van der Waals surface area contributed by atoms with Crippen molar-refractivity contribution >= 4 is 6.09 Å². The number of H-pyrrole nitrogens is 1. The summed E-state index contributed by atoms with van der Waals surface area (Å²) in [5.41, 5.74) is -0.425. The molecule has 1 fully saturated rings. The van der Waals surface area contributed by atoms with Gasteiger partial charge in [0.1, 0.15) is 5.60 Å². The fourth-order valence-electron chi connectivity index (χ4n) is 2.34. The van der Waals surface area contributed by atoms with E-state index in [2.05, 4.69) is 10.2 Å². The van der Waals surface area contributed by atoms with Crippen LogP contribution in [0.15, 0.2) is 12.3 Å². The minimum absolute atomic E-state index is 0.306. The van der Waals surface area contributed by atoms with Crippen molar-refractivity contribution in [2.75, 3.05) is 13.1 Å². The SMILES string of the molecule is CC(C)(C)OC(=O)N1CCC(O)(Cc2cc[nH]n2)CC1. The maximum atomic E-state index is 11.9. The maximum Gasteiger partial charge on any atom is 0.410 e. The average molecular weight is 281 g/mol. The molecule has 0 spiro atoms. The number of hydrogen-bond acceptors (Lipinski definition) is 4. The van der Waals surface area contributed by atoms with Gasteiger partial charge in [0.25, 0.3) is 0 Å². The second kappa shape index (κ2) is 5.44. The highest BCUT2D eigenvalue weighted by Gasteiger charge is 2.35. The molecule has 0 unspecified atom stereocenters. The van der Waals surface area contributed by atoms with E-state index < -0.39 is 11.2 Å². The molecule has 1 aromatic heterocycles. The van der Waals surface area contributed by atoms with Gasteiger partial charge in [-0.05, 0) is 39.7 Å². The van der Waals surface area contributed by atoms with Crippen LogP contribution in [0, 0.1) is 0 Å². The second-order valence-corrected chi connectivity index (χ2v) is 6.43. The molecule has 0 radical (unpaired) electrons. The van der Waals surface area contributed by atoms with Gasteiger partial charge in [-0.25, -0.2) is 4.79 Å². The predicted molar refractivity (Wildman–Crippen MR) is 74.3 cm³/mol. The maximum absolute atomic E-state index is 11.9. The van der Waals surface area contributed by atoms with Crippen molar-refractivity contribution in [3.8, 4) is 0 Å². The lowest BCUT2D eigenvalue weighted by atomic mass is 9.87. The van der Waals surface area contributed by atoms with E-state index in [0.29, 0.717) is 32.4 Å². The van der Waals surface area contributed by atoms with Crippen LogP contribution in [-0.2, 0) is 11.2 Å². The molecule has 2 rings (SSSR count). The van der Waals surface area contributed by atoms with Gasteiger partial charge in [0.05, 0.1) is 11.3 Å². The summed E-state index contributed by atoms with van der Waals surface area (Å²) in [6, 6.07) is 1.86. The lowest BCUT2D eigenvalue weighted by Gasteiger charge is -2.38. The molecule has 1 saturated heterocycles. The zero-order valence-electron chi connectivity index (χ0n) is 12.3. The van der Waals surface area contributed by atoms with E-state index in [1.165, 1.54) is 0 Å². The molecule has 1 aliphatic heterocycles. The van der Waals surface area contributed by atoms with Crippen molar-refractivity contribution in [3.63, 3.8) is 0 Å². The number of amides is 1. The standard InChI is InChI=1S/C14H23N3O3/c1-13(2,3)20-12(18)17-8-5-14(19,6-9-17)10-11-4-7-15-16-11/h4,7,19H,5-6,8-10H2,1-3H3,(H,15,16). The number of carbonyl (C=O) groups excluding carboxylic acids is 1. The molecule has 0 saturated carbocycles. The summed E-state index contributed by atoms with van der Waals surface area (Å²) in [6.45, 7) is 6.57. The molecule has 1 aliphatic rings. The summed E-state index contributed by atoms with van der Waals surface area (Å²) in [5, 5.41) is 17.4. The number of ether oxygens (including phenoxy) is 1. The van der Waals surface area contributed by atoms with Gasteiger partial charge in [-0.1, -0.05) is 0 Å². The van der Waals surface area contributed by atoms with E-state index in [1.54, 1.807) is 11.1 Å². The molecule has 112 valence electrons. The molecule has 0 atom stereocenters. The monoisotopic (exact) mass is 281 g/mol. The van der Waals surface area contributed by atoms with Crippen molar-refractivity contribution in [2.24, 2.45) is 0 Å². The first-order chi connectivity index (χ1) is 9.27. The number of aliphatic hydroxyl groups is 1. The Morgan fingerprint density at radius 1 is 1.50 bits per heavy atom. The number of piperidine rings is 1. The molecule has 1 aromatic rings. The minimum atomic E-state index is -0.784. The Hall–Kier alpha value is -1.56. The Morgan fingerprint density at radius 3 is 2.65 bits per heavy atom. The molecule has 2 heterocycles. The minimum Gasteiger partial charge on any atom is -0.444 e. The van der Waals surface area contributed by atoms with Crippen molar-refractivity contribution in [3.05, 3.63) is 18.0 Å². The summed E-state index contributed by atoms with van der Waals surface area (Å²) in [4.78, 5) is 13.6. The van der Waals surface area contributed by atoms with Crippen LogP contribution in [0.25, 0.3) is 0 Å². The molecule has 6 heteroatoms. The molecule has 1 amide bonds. The predicted octanol–water partition coefficient (Wildman–Crippen LogP) is 1.71. The highest BCUT2D eigenvalue weighted by molar-refractivity contribution is 5.68. The second-order valence-electron chi connectivity index (χ2n) is 6.43. The fourth-order valence-corrected chi connectivity index (χ4v) is 2.34. The van der Waals surface area contributed by atoms with Crippen LogP contribution in [0.2, 0.25) is 0 Å². The lowest BCUT2D eigenvalue weighted by molar-refractivity contribution is -0.0319. The summed E-state index contributed by atoms with van der Waals surface area (Å²) < 4.78 is 5.34. The normalized spacial score (nSPS) is 18.9. The summed E-state index contributed by atoms with van der Waals surface area (Å²) >= 11 is 0. The third-order valence-electron chi connectivity index (χ3n) is 3.41. The van der Waals surface area contributed by atoms with Crippen molar-refractivity contribution in [2.45, 2.75) is 51.2 Å². The number of rotatable bonds is 2. The Morgan fingerprint density at radius 2 is 2.15 bits per heavy atom. The Bertz CT molecular complexity index is 443. The van der Waals surface area contributed by atoms with Crippen molar-refractivity contribution < 1.29 is 14.6 Å². The largest absolute Gasteiger partial charge is 0.444 e. The number of carbonyl (C=O) groups is 1. The van der Waals surface area contributed by atoms with E-state index in [4.69, 9.17) is 4.74 Å². The fraction of sp³-hybridized carbons (Fsp3) is 0.714. The van der Waals surface area contributed by atoms with Crippen LogP contribution in [-0.4, -0.2) is 50.6 Å². The van der Waals surface area contributed by atoms with E-state index in [1.807, 2.05) is 26.8 Å². The van der Waals surface area contributed by atoms with Gasteiger partial charge >= 0.3 is 6.09 Å². The zero-order chi connectivity index (χ0) is 14.8. The number of hydrogen-bond donors (Lipinski definition) is 2. The number of likely N-dealkylation sites (tertiary alicyclic amines) is 1. The first-order valence-corrected chi connectivity index (χ1v) is 6.96. The van der Waals surface area contributed by atoms with Gasteiger partial charge in [-0.3, -0.25) is 5.10 Å². The van der Waals surface area contributed by atoms with Crippen LogP contribution in [0.1, 0.15) is 39.3 Å². The quantitative estimate of drug-likeness (QED) is 0.865. The molecule has 20 heavy (non-hydrogen) atoms. The number of nitrogens with zero attached hydrogens (tertiary/aromatic N) is 2. The Balaban J connectivity index is 1.87. The van der Waals surface area contributed by atoms with Gasteiger partial charge in [-0.15, -0.1) is 0 Å². The first-order valence-electron chi connectivity index (χ1n) is 6.96. The van der Waals surface area contributed by atoms with E-state index in [-0.39, 0.29) is 6.09 Å². The van der Waals surface area contributed by atoms with E-state index in [0.717, 1.165) is 5.69 Å². The van der Waals surface area contributed by atoms with Crippen LogP contribution in [0.3, 0.4) is 0 Å². The van der Waals surface area contributed by atoms with Crippen molar-refractivity contribution in [1.82, 2.24) is 15.1 Å². The highest BCUT2D eigenvalue weighted by Crippen LogP contribution is 2.26. The number of aromatic amines is 1. The van der Waals surface area contributed by atoms with Crippen molar-refractivity contribution in [1.29, 1.82) is 0 Å². The highest BCUT2D eigenvalue weighted by atomic mass is 16.6. The van der Waals surface area contributed by atoms with Gasteiger partial charge in [0.2, 0.25) is 0 Å². The van der Waals surface area contributed by atoms with Crippen LogP contribution < -0.4 is 0 Å². The Kier molecular flexibility index (Phi) is 4.04. The molecule has 0 aliphatic carbocycles. The number of aromatic nitrogens is 2. The average Bonchev–Trinajstić information content (AvgIpc) is 2.79. The molecule has 2 N–H and O–H groups in total. The van der Waals surface area contributed by atoms with Crippen LogP contribution in [0.5, 0.6) is 0 Å². The molecule has 0 bridgehead atoms. The third-order valence-corrected chi connectivity index (χ3v) is 3.41. The number of nitrogens with one attached hydrogen (secondary N) is 1. The van der Waals surface area contributed by atoms with E-state index >= 15 is 0 Å². The summed E-state index contributed by atoms with van der Waals surface area (Å²) in [5.74, 6) is 0. The lowest BCUT2D eigenvalue weighted by Crippen LogP contribution is -2.49. The van der Waals surface area contributed by atoms with Gasteiger partial charge in [0, 0.05) is 25.7 Å². The van der Waals surface area contributed by atoms with Gasteiger partial charge in [-0.2, -0.15) is 5.10 Å². The Labute approximate surface area is 119 Å². The summed E-state index contributed by atoms with van der Waals surface area (Å²) in [7, 11) is 0. The molecular weight excluding hydrogens is 258 g/mol. The van der Waals surface area contributed by atoms with Gasteiger partial charge in [0.15, 0.2) is 0 Å². The van der Waals surface area contributed by atoms with E-state index in [9.17, 15) is 9.90 Å².